The first kappa shape index (κ1) is 15.5. The molecule has 6 nitrogen and oxygen atoms in total. The van der Waals surface area contributed by atoms with Gasteiger partial charge in [-0.05, 0) is 43.0 Å². The van der Waals surface area contributed by atoms with Crippen LogP contribution in [-0.4, -0.2) is 36.9 Å². The zero-order valence-corrected chi connectivity index (χ0v) is 12.2. The van der Waals surface area contributed by atoms with Gasteiger partial charge < -0.3 is 5.11 Å². The van der Waals surface area contributed by atoms with Gasteiger partial charge in [0, 0.05) is 19.5 Å². The van der Waals surface area contributed by atoms with Crippen molar-refractivity contribution >= 4 is 16.0 Å². The number of aliphatic carboxylic acids is 1. The molecule has 1 aromatic carbocycles. The van der Waals surface area contributed by atoms with Gasteiger partial charge in [-0.3, -0.25) is 4.79 Å². The zero-order chi connectivity index (χ0) is 15.5. The van der Waals surface area contributed by atoms with Gasteiger partial charge in [0.1, 0.15) is 0 Å². The molecule has 0 amide bonds. The van der Waals surface area contributed by atoms with Crippen LogP contribution in [0.4, 0.5) is 0 Å². The van der Waals surface area contributed by atoms with Crippen LogP contribution in [0.15, 0.2) is 29.2 Å². The fourth-order valence-corrected chi connectivity index (χ4v) is 3.92. The number of carboxylic acid groups (broad SMARTS) is 1. The standard InChI is InChI=1S/C14H16N2O4S/c15-10-12-1-3-13(4-2-12)21(19,20)16-7-5-11(6-8-16)9-14(17)18/h1-4,11H,5-9H2,(H,17,18). The number of nitriles is 1. The number of carboxylic acids is 1. The van der Waals surface area contributed by atoms with Crippen LogP contribution < -0.4 is 0 Å². The second kappa shape index (κ2) is 6.24. The first-order valence-corrected chi connectivity index (χ1v) is 8.09. The third kappa shape index (κ3) is 3.60. The Balaban J connectivity index is 2.07. The van der Waals surface area contributed by atoms with Crippen LogP contribution in [0.5, 0.6) is 0 Å². The second-order valence-corrected chi connectivity index (χ2v) is 7.02. The van der Waals surface area contributed by atoms with Crippen molar-refractivity contribution in [2.24, 2.45) is 5.92 Å². The average Bonchev–Trinajstić information content (AvgIpc) is 2.47. The SMILES string of the molecule is N#Cc1ccc(S(=O)(=O)N2CCC(CC(=O)O)CC2)cc1. The summed E-state index contributed by atoms with van der Waals surface area (Å²) in [5.41, 5.74) is 0.411. The second-order valence-electron chi connectivity index (χ2n) is 5.08. The molecule has 1 aliphatic heterocycles. The summed E-state index contributed by atoms with van der Waals surface area (Å²) in [6, 6.07) is 7.75. The van der Waals surface area contributed by atoms with Crippen LogP contribution in [0.3, 0.4) is 0 Å². The number of hydrogen-bond donors (Lipinski definition) is 1. The number of sulfonamides is 1. The largest absolute Gasteiger partial charge is 0.481 e. The minimum atomic E-state index is -3.56. The van der Waals surface area contributed by atoms with Gasteiger partial charge in [0.05, 0.1) is 16.5 Å². The van der Waals surface area contributed by atoms with Crippen molar-refractivity contribution in [1.29, 1.82) is 5.26 Å². The van der Waals surface area contributed by atoms with E-state index in [1.54, 1.807) is 0 Å². The van der Waals surface area contributed by atoms with Crippen LogP contribution in [0, 0.1) is 17.2 Å². The van der Waals surface area contributed by atoms with Crippen molar-refractivity contribution in [3.05, 3.63) is 29.8 Å². The van der Waals surface area contributed by atoms with Gasteiger partial charge in [-0.2, -0.15) is 9.57 Å². The maximum absolute atomic E-state index is 12.4. The smallest absolute Gasteiger partial charge is 0.303 e. The molecule has 1 aromatic rings. The Bertz CT molecular complexity index is 653. The van der Waals surface area contributed by atoms with Crippen molar-refractivity contribution < 1.29 is 18.3 Å². The lowest BCUT2D eigenvalue weighted by atomic mass is 9.95. The molecule has 0 atom stereocenters. The monoisotopic (exact) mass is 308 g/mol. The fraction of sp³-hybridized carbons (Fsp3) is 0.429. The number of rotatable bonds is 4. The maximum atomic E-state index is 12.4. The molecule has 0 aliphatic carbocycles. The van der Waals surface area contributed by atoms with Crippen molar-refractivity contribution in [2.75, 3.05) is 13.1 Å². The van der Waals surface area contributed by atoms with E-state index in [1.807, 2.05) is 6.07 Å². The van der Waals surface area contributed by atoms with E-state index < -0.39 is 16.0 Å². The lowest BCUT2D eigenvalue weighted by Gasteiger charge is -2.30. The predicted octanol–water partition coefficient (Wildman–Crippen LogP) is 1.43. The molecular weight excluding hydrogens is 292 g/mol. The molecule has 0 radical (unpaired) electrons. The molecule has 0 aromatic heterocycles. The van der Waals surface area contributed by atoms with Gasteiger partial charge in [0.2, 0.25) is 10.0 Å². The first-order valence-electron chi connectivity index (χ1n) is 6.65. The van der Waals surface area contributed by atoms with Gasteiger partial charge in [0.15, 0.2) is 0 Å². The van der Waals surface area contributed by atoms with Crippen LogP contribution in [0.25, 0.3) is 0 Å². The normalized spacial score (nSPS) is 17.3. The van der Waals surface area contributed by atoms with E-state index in [-0.39, 0.29) is 17.2 Å². The number of piperidine rings is 1. The molecule has 1 aliphatic rings. The lowest BCUT2D eigenvalue weighted by Crippen LogP contribution is -2.38. The minimum Gasteiger partial charge on any atom is -0.481 e. The third-order valence-corrected chi connectivity index (χ3v) is 5.57. The molecule has 0 bridgehead atoms. The number of hydrogen-bond acceptors (Lipinski definition) is 4. The van der Waals surface area contributed by atoms with Gasteiger partial charge in [0.25, 0.3) is 0 Å². The van der Waals surface area contributed by atoms with Gasteiger partial charge in [-0.25, -0.2) is 8.42 Å². The quantitative estimate of drug-likeness (QED) is 0.907. The molecule has 7 heteroatoms. The molecule has 0 saturated carbocycles. The number of benzene rings is 1. The maximum Gasteiger partial charge on any atom is 0.303 e. The summed E-state index contributed by atoms with van der Waals surface area (Å²) in [6.07, 6.45) is 1.20. The Labute approximate surface area is 123 Å². The van der Waals surface area contributed by atoms with E-state index in [0.717, 1.165) is 0 Å². The predicted molar refractivity (Wildman–Crippen MR) is 74.9 cm³/mol. The summed E-state index contributed by atoms with van der Waals surface area (Å²) in [5, 5.41) is 17.5. The molecule has 1 fully saturated rings. The molecule has 1 saturated heterocycles. The van der Waals surface area contributed by atoms with Crippen molar-refractivity contribution in [3.63, 3.8) is 0 Å². The van der Waals surface area contributed by atoms with Gasteiger partial charge in [-0.15, -0.1) is 0 Å². The van der Waals surface area contributed by atoms with Crippen molar-refractivity contribution in [1.82, 2.24) is 4.31 Å². The highest BCUT2D eigenvalue weighted by molar-refractivity contribution is 7.89. The molecule has 1 heterocycles. The highest BCUT2D eigenvalue weighted by atomic mass is 32.2. The summed E-state index contributed by atoms with van der Waals surface area (Å²) < 4.78 is 26.3. The van der Waals surface area contributed by atoms with Crippen LogP contribution in [-0.2, 0) is 14.8 Å². The topological polar surface area (TPSA) is 98.5 Å². The molecule has 0 unspecified atom stereocenters. The third-order valence-electron chi connectivity index (χ3n) is 3.66. The van der Waals surface area contributed by atoms with Crippen LogP contribution >= 0.6 is 0 Å². The highest BCUT2D eigenvalue weighted by Gasteiger charge is 2.30. The van der Waals surface area contributed by atoms with E-state index in [1.165, 1.54) is 28.6 Å². The average molecular weight is 308 g/mol. The van der Waals surface area contributed by atoms with E-state index >= 15 is 0 Å². The molecule has 21 heavy (non-hydrogen) atoms. The summed E-state index contributed by atoms with van der Waals surface area (Å²) in [4.78, 5) is 10.8. The minimum absolute atomic E-state index is 0.0370. The Hall–Kier alpha value is -1.91. The Kier molecular flexibility index (Phi) is 4.60. The first-order chi connectivity index (χ1) is 9.93. The molecule has 0 spiro atoms. The van der Waals surface area contributed by atoms with E-state index in [0.29, 0.717) is 31.5 Å². The highest BCUT2D eigenvalue weighted by Crippen LogP contribution is 2.25. The van der Waals surface area contributed by atoms with Gasteiger partial charge >= 0.3 is 5.97 Å². The van der Waals surface area contributed by atoms with Crippen LogP contribution in [0.1, 0.15) is 24.8 Å². The number of nitrogens with zero attached hydrogens (tertiary/aromatic N) is 2. The van der Waals surface area contributed by atoms with Crippen molar-refractivity contribution in [2.45, 2.75) is 24.2 Å². The summed E-state index contributed by atoms with van der Waals surface area (Å²) >= 11 is 0. The lowest BCUT2D eigenvalue weighted by molar-refractivity contribution is -0.138. The zero-order valence-electron chi connectivity index (χ0n) is 11.4. The Morgan fingerprint density at radius 3 is 2.33 bits per heavy atom. The fourth-order valence-electron chi connectivity index (χ4n) is 2.45. The summed E-state index contributed by atoms with van der Waals surface area (Å²) in [7, 11) is -3.56. The molecule has 1 N–H and O–H groups in total. The van der Waals surface area contributed by atoms with E-state index in [2.05, 4.69) is 0 Å². The van der Waals surface area contributed by atoms with Crippen LogP contribution in [0.2, 0.25) is 0 Å². The Morgan fingerprint density at radius 1 is 1.29 bits per heavy atom. The molecule has 112 valence electrons. The molecular formula is C14H16N2O4S. The summed E-state index contributed by atoms with van der Waals surface area (Å²) in [5.74, 6) is -0.807. The van der Waals surface area contributed by atoms with E-state index in [4.69, 9.17) is 10.4 Å². The van der Waals surface area contributed by atoms with Gasteiger partial charge in [-0.1, -0.05) is 0 Å². The van der Waals surface area contributed by atoms with Crippen molar-refractivity contribution in [3.8, 4) is 6.07 Å². The summed E-state index contributed by atoms with van der Waals surface area (Å²) in [6.45, 7) is 0.667. The molecule has 2 rings (SSSR count). The Morgan fingerprint density at radius 2 is 1.86 bits per heavy atom. The van der Waals surface area contributed by atoms with E-state index in [9.17, 15) is 13.2 Å². The number of carbonyl (C=O) groups is 1.